The molecule has 1 aromatic carbocycles. The summed E-state index contributed by atoms with van der Waals surface area (Å²) in [6.07, 6.45) is 1.88. The van der Waals surface area contributed by atoms with E-state index in [-0.39, 0.29) is 12.8 Å². The van der Waals surface area contributed by atoms with Crippen LogP contribution in [-0.2, 0) is 15.7 Å². The van der Waals surface area contributed by atoms with Crippen molar-refractivity contribution in [3.63, 3.8) is 0 Å². The van der Waals surface area contributed by atoms with Gasteiger partial charge in [-0.2, -0.15) is 0 Å². The molecule has 1 atom stereocenters. The van der Waals surface area contributed by atoms with Gasteiger partial charge in [-0.3, -0.25) is 4.57 Å². The molecule has 0 aliphatic heterocycles. The zero-order chi connectivity index (χ0) is 11.3. The van der Waals surface area contributed by atoms with E-state index < -0.39 is 7.60 Å². The molecule has 0 amide bonds. The van der Waals surface area contributed by atoms with Crippen LogP contribution < -0.4 is 0 Å². The smallest absolute Gasteiger partial charge is 0.324 e. The zero-order valence-corrected chi connectivity index (χ0v) is 9.61. The average Bonchev–Trinajstić information content (AvgIpc) is 2.27. The maximum absolute atomic E-state index is 11.2. The predicted octanol–water partition coefficient (Wildman–Crippen LogP) is 3.05. The van der Waals surface area contributed by atoms with Crippen molar-refractivity contribution in [1.29, 1.82) is 0 Å². The normalized spacial score (nSPS) is 14.5. The van der Waals surface area contributed by atoms with Crippen LogP contribution >= 0.6 is 7.60 Å². The molecule has 0 bridgehead atoms. The molecule has 1 N–H and O–H groups in total. The molecule has 0 aromatic heterocycles. The van der Waals surface area contributed by atoms with E-state index in [9.17, 15) is 9.46 Å². The van der Waals surface area contributed by atoms with Crippen LogP contribution in [0.4, 0.5) is 0 Å². The quantitative estimate of drug-likeness (QED) is 0.785. The third kappa shape index (κ3) is 4.00. The van der Waals surface area contributed by atoms with Gasteiger partial charge in [-0.25, -0.2) is 0 Å². The Bertz CT molecular complexity index is 370. The molecule has 0 aliphatic carbocycles. The van der Waals surface area contributed by atoms with Gasteiger partial charge in [-0.15, -0.1) is 0 Å². The van der Waals surface area contributed by atoms with Gasteiger partial charge in [0.2, 0.25) is 0 Å². The lowest BCUT2D eigenvalue weighted by Gasteiger charge is -2.09. The largest absolute Gasteiger partial charge is 0.328 e. The summed E-state index contributed by atoms with van der Waals surface area (Å²) in [7, 11) is -3.38. The van der Waals surface area contributed by atoms with Crippen LogP contribution in [0, 0.1) is 0 Å². The minimum absolute atomic E-state index is 0.137. The minimum Gasteiger partial charge on any atom is -0.324 e. The Balaban J connectivity index is 2.58. The summed E-state index contributed by atoms with van der Waals surface area (Å²) in [5.74, 6) is 0. The first kappa shape index (κ1) is 12.2. The van der Waals surface area contributed by atoms with Crippen molar-refractivity contribution in [2.45, 2.75) is 13.5 Å². The molecule has 0 aliphatic rings. The van der Waals surface area contributed by atoms with Gasteiger partial charge in [0.05, 0.1) is 6.61 Å². The molecule has 3 nitrogen and oxygen atoms in total. The Labute approximate surface area is 89.9 Å². The number of benzene rings is 1. The lowest BCUT2D eigenvalue weighted by Crippen LogP contribution is -1.93. The van der Waals surface area contributed by atoms with Gasteiger partial charge in [-0.05, 0) is 11.1 Å². The van der Waals surface area contributed by atoms with Crippen molar-refractivity contribution in [2.75, 3.05) is 6.16 Å². The Hall–Kier alpha value is -0.890. The fraction of sp³-hybridized carbons (Fsp3) is 0.273. The SMILES string of the molecule is C=Cc1ccc(COP(=O)(O)CC)cc1. The van der Waals surface area contributed by atoms with Crippen molar-refractivity contribution >= 4 is 13.7 Å². The molecule has 1 unspecified atom stereocenters. The van der Waals surface area contributed by atoms with Gasteiger partial charge < -0.3 is 9.42 Å². The van der Waals surface area contributed by atoms with Gasteiger partial charge in [0.15, 0.2) is 0 Å². The van der Waals surface area contributed by atoms with E-state index in [1.54, 1.807) is 13.0 Å². The van der Waals surface area contributed by atoms with E-state index in [1.165, 1.54) is 0 Å². The van der Waals surface area contributed by atoms with Crippen LogP contribution in [0.25, 0.3) is 6.08 Å². The highest BCUT2D eigenvalue weighted by atomic mass is 31.2. The number of hydrogen-bond donors (Lipinski definition) is 1. The average molecular weight is 226 g/mol. The van der Waals surface area contributed by atoms with E-state index in [0.29, 0.717) is 0 Å². The molecular weight excluding hydrogens is 211 g/mol. The third-order valence-corrected chi connectivity index (χ3v) is 3.38. The van der Waals surface area contributed by atoms with Crippen molar-refractivity contribution < 1.29 is 14.0 Å². The molecule has 0 spiro atoms. The summed E-state index contributed by atoms with van der Waals surface area (Å²) in [5.41, 5.74) is 1.89. The van der Waals surface area contributed by atoms with Crippen molar-refractivity contribution in [3.05, 3.63) is 42.0 Å². The Kier molecular flexibility index (Phi) is 4.28. The monoisotopic (exact) mass is 226 g/mol. The van der Waals surface area contributed by atoms with Crippen LogP contribution in [0.15, 0.2) is 30.8 Å². The molecule has 0 heterocycles. The molecular formula is C11H15O3P. The second-order valence-electron chi connectivity index (χ2n) is 3.17. The first-order chi connectivity index (χ1) is 7.07. The summed E-state index contributed by atoms with van der Waals surface area (Å²) in [5, 5.41) is 0. The Morgan fingerprint density at radius 3 is 2.53 bits per heavy atom. The van der Waals surface area contributed by atoms with E-state index in [4.69, 9.17) is 4.52 Å². The highest BCUT2D eigenvalue weighted by Crippen LogP contribution is 2.41. The minimum atomic E-state index is -3.38. The van der Waals surface area contributed by atoms with Crippen LogP contribution in [0.3, 0.4) is 0 Å². The van der Waals surface area contributed by atoms with Crippen LogP contribution in [0.5, 0.6) is 0 Å². The lowest BCUT2D eigenvalue weighted by atomic mass is 10.1. The molecule has 0 fully saturated rings. The van der Waals surface area contributed by atoms with Crippen LogP contribution in [0.1, 0.15) is 18.1 Å². The third-order valence-electron chi connectivity index (χ3n) is 2.05. The van der Waals surface area contributed by atoms with Crippen molar-refractivity contribution in [1.82, 2.24) is 0 Å². The molecule has 0 radical (unpaired) electrons. The zero-order valence-electron chi connectivity index (χ0n) is 8.72. The summed E-state index contributed by atoms with van der Waals surface area (Å²) in [4.78, 5) is 9.20. The summed E-state index contributed by atoms with van der Waals surface area (Å²) in [6.45, 7) is 5.44. The van der Waals surface area contributed by atoms with Crippen molar-refractivity contribution in [3.8, 4) is 0 Å². The summed E-state index contributed by atoms with van der Waals surface area (Å²) in [6, 6.07) is 7.49. The van der Waals surface area contributed by atoms with Gasteiger partial charge >= 0.3 is 7.60 Å². The maximum Gasteiger partial charge on any atom is 0.328 e. The van der Waals surface area contributed by atoms with Crippen molar-refractivity contribution in [2.24, 2.45) is 0 Å². The lowest BCUT2D eigenvalue weighted by molar-refractivity contribution is 0.251. The van der Waals surface area contributed by atoms with E-state index in [1.807, 2.05) is 24.3 Å². The second kappa shape index (κ2) is 5.26. The van der Waals surface area contributed by atoms with Gasteiger partial charge in [0.1, 0.15) is 0 Å². The molecule has 0 saturated carbocycles. The summed E-state index contributed by atoms with van der Waals surface area (Å²) < 4.78 is 16.1. The van der Waals surface area contributed by atoms with Crippen LogP contribution in [-0.4, -0.2) is 11.1 Å². The molecule has 82 valence electrons. The Morgan fingerprint density at radius 1 is 1.47 bits per heavy atom. The second-order valence-corrected chi connectivity index (χ2v) is 5.34. The number of rotatable bonds is 5. The molecule has 1 aromatic rings. The van der Waals surface area contributed by atoms with Gasteiger partial charge in [-0.1, -0.05) is 43.8 Å². The summed E-state index contributed by atoms with van der Waals surface area (Å²) >= 11 is 0. The first-order valence-electron chi connectivity index (χ1n) is 4.75. The molecule has 0 saturated heterocycles. The van der Waals surface area contributed by atoms with Crippen LogP contribution in [0.2, 0.25) is 0 Å². The molecule has 15 heavy (non-hydrogen) atoms. The maximum atomic E-state index is 11.2. The van der Waals surface area contributed by atoms with E-state index >= 15 is 0 Å². The topological polar surface area (TPSA) is 46.5 Å². The highest BCUT2D eigenvalue weighted by molar-refractivity contribution is 7.52. The predicted molar refractivity (Wildman–Crippen MR) is 61.7 cm³/mol. The Morgan fingerprint density at radius 2 is 2.07 bits per heavy atom. The fourth-order valence-electron chi connectivity index (χ4n) is 1.02. The van der Waals surface area contributed by atoms with E-state index in [2.05, 4.69) is 6.58 Å². The highest BCUT2D eigenvalue weighted by Gasteiger charge is 2.15. The number of hydrogen-bond acceptors (Lipinski definition) is 2. The first-order valence-corrected chi connectivity index (χ1v) is 6.51. The van der Waals surface area contributed by atoms with Gasteiger partial charge in [0.25, 0.3) is 0 Å². The molecule has 4 heteroatoms. The fourth-order valence-corrected chi connectivity index (χ4v) is 1.55. The standard InChI is InChI=1S/C11H15O3P/c1-3-10-5-7-11(8-6-10)9-14-15(12,13)4-2/h3,5-8H,1,4,9H2,2H3,(H,12,13). The molecule has 1 rings (SSSR count). The van der Waals surface area contributed by atoms with E-state index in [0.717, 1.165) is 11.1 Å². The van der Waals surface area contributed by atoms with Gasteiger partial charge in [0, 0.05) is 6.16 Å².